The van der Waals surface area contributed by atoms with Crippen LogP contribution in [-0.4, -0.2) is 0 Å². The average Bonchev–Trinajstić information content (AvgIpc) is 3.23. The molecule has 0 aliphatic heterocycles. The zero-order valence-corrected chi connectivity index (χ0v) is 18.3. The van der Waals surface area contributed by atoms with Crippen LogP contribution in [0.4, 0.5) is 0 Å². The summed E-state index contributed by atoms with van der Waals surface area (Å²) in [5, 5.41) is 4.65. The number of hydrogen-bond acceptors (Lipinski definition) is 4. The van der Waals surface area contributed by atoms with Gasteiger partial charge in [0.15, 0.2) is 0 Å². The van der Waals surface area contributed by atoms with Crippen LogP contribution in [0.3, 0.4) is 0 Å². The molecule has 0 amide bonds. The summed E-state index contributed by atoms with van der Waals surface area (Å²) in [6.45, 7) is 4.55. The van der Waals surface area contributed by atoms with Crippen LogP contribution in [0.25, 0.3) is 0 Å². The van der Waals surface area contributed by atoms with Crippen LogP contribution in [0, 0.1) is 0 Å². The third-order valence-corrected chi connectivity index (χ3v) is 8.68. The third-order valence-electron chi connectivity index (χ3n) is 4.05. The van der Waals surface area contributed by atoms with Crippen LogP contribution in [0.15, 0.2) is 32.7 Å². The minimum absolute atomic E-state index is 1.26. The number of thiophene rings is 2. The quantitative estimate of drug-likeness (QED) is 0.244. The molecular formula is C20H30S4. The van der Waals surface area contributed by atoms with Gasteiger partial charge in [0.2, 0.25) is 0 Å². The van der Waals surface area contributed by atoms with E-state index in [4.69, 9.17) is 0 Å². The van der Waals surface area contributed by atoms with E-state index < -0.39 is 0 Å². The fourth-order valence-electron chi connectivity index (χ4n) is 2.62. The molecule has 0 spiro atoms. The molecule has 0 fully saturated rings. The molecule has 0 aromatic carbocycles. The Bertz CT molecular complexity index is 505. The van der Waals surface area contributed by atoms with Crippen molar-refractivity contribution in [3.05, 3.63) is 32.6 Å². The van der Waals surface area contributed by atoms with E-state index in [1.807, 2.05) is 44.3 Å². The summed E-state index contributed by atoms with van der Waals surface area (Å²) in [4.78, 5) is 5.95. The highest BCUT2D eigenvalue weighted by molar-refractivity contribution is 8.76. The first-order valence-electron chi connectivity index (χ1n) is 9.31. The molecule has 4 heteroatoms. The minimum Gasteiger partial charge on any atom is -0.148 e. The molecule has 134 valence electrons. The highest BCUT2D eigenvalue weighted by Gasteiger charge is 2.05. The fraction of sp³-hybridized carbons (Fsp3) is 0.600. The summed E-state index contributed by atoms with van der Waals surface area (Å²) in [6.07, 6.45) is 13.4. The van der Waals surface area contributed by atoms with Crippen molar-refractivity contribution in [1.82, 2.24) is 0 Å². The van der Waals surface area contributed by atoms with Gasteiger partial charge in [-0.05, 0) is 37.8 Å². The first kappa shape index (κ1) is 20.4. The first-order valence-corrected chi connectivity index (χ1v) is 13.2. The van der Waals surface area contributed by atoms with Crippen LogP contribution in [0.5, 0.6) is 0 Å². The predicted octanol–water partition coefficient (Wildman–Crippen LogP) is 8.85. The van der Waals surface area contributed by atoms with E-state index in [9.17, 15) is 0 Å². The van der Waals surface area contributed by atoms with Crippen molar-refractivity contribution in [2.45, 2.75) is 87.8 Å². The van der Waals surface area contributed by atoms with E-state index in [2.05, 4.69) is 36.7 Å². The SMILES string of the molecule is CCCCCCc1cc(SSc2csc(CCCCCC)c2)cs1. The average molecular weight is 399 g/mol. The van der Waals surface area contributed by atoms with Crippen LogP contribution in [0.1, 0.15) is 75.0 Å². The van der Waals surface area contributed by atoms with Gasteiger partial charge in [0.25, 0.3) is 0 Å². The summed E-state index contributed by atoms with van der Waals surface area (Å²) < 4.78 is 0. The topological polar surface area (TPSA) is 0 Å². The first-order chi connectivity index (χ1) is 11.8. The summed E-state index contributed by atoms with van der Waals surface area (Å²) in [5.41, 5.74) is 0. The molecule has 2 aromatic rings. The monoisotopic (exact) mass is 398 g/mol. The fourth-order valence-corrected chi connectivity index (χ4v) is 7.10. The van der Waals surface area contributed by atoms with E-state index in [0.717, 1.165) is 0 Å². The van der Waals surface area contributed by atoms with E-state index in [1.54, 1.807) is 9.75 Å². The van der Waals surface area contributed by atoms with Crippen molar-refractivity contribution in [2.24, 2.45) is 0 Å². The molecule has 0 bridgehead atoms. The lowest BCUT2D eigenvalue weighted by Crippen LogP contribution is -1.80. The van der Waals surface area contributed by atoms with Gasteiger partial charge in [0.05, 0.1) is 0 Å². The summed E-state index contributed by atoms with van der Waals surface area (Å²) >= 11 is 3.86. The number of aryl methyl sites for hydroxylation is 2. The molecule has 2 rings (SSSR count). The van der Waals surface area contributed by atoms with E-state index >= 15 is 0 Å². The van der Waals surface area contributed by atoms with Gasteiger partial charge in [0.1, 0.15) is 0 Å². The zero-order valence-electron chi connectivity index (χ0n) is 15.0. The maximum absolute atomic E-state index is 2.40. The van der Waals surface area contributed by atoms with Crippen LogP contribution in [0.2, 0.25) is 0 Å². The van der Waals surface area contributed by atoms with Gasteiger partial charge in [-0.1, -0.05) is 74.0 Å². The van der Waals surface area contributed by atoms with Gasteiger partial charge in [-0.25, -0.2) is 0 Å². The standard InChI is InChI=1S/C20H30S4/c1-3-5-7-9-11-17-13-19(15-21-17)23-24-20-14-18(22-16-20)12-10-8-6-4-2/h13-16H,3-12H2,1-2H3. The van der Waals surface area contributed by atoms with E-state index in [0.29, 0.717) is 0 Å². The Morgan fingerprint density at radius 3 is 1.54 bits per heavy atom. The second-order valence-corrected chi connectivity index (χ2v) is 10.6. The van der Waals surface area contributed by atoms with Gasteiger partial charge in [-0.15, -0.1) is 22.7 Å². The maximum Gasteiger partial charge on any atom is 0.0296 e. The van der Waals surface area contributed by atoms with Crippen molar-refractivity contribution in [3.8, 4) is 0 Å². The highest BCUT2D eigenvalue weighted by Crippen LogP contribution is 2.41. The molecule has 2 aromatic heterocycles. The normalized spacial score (nSPS) is 11.2. The Balaban J connectivity index is 1.68. The van der Waals surface area contributed by atoms with Gasteiger partial charge in [-0.2, -0.15) is 0 Å². The van der Waals surface area contributed by atoms with Crippen molar-refractivity contribution < 1.29 is 0 Å². The molecule has 0 aliphatic rings. The van der Waals surface area contributed by atoms with Gasteiger partial charge in [-0.3, -0.25) is 0 Å². The lowest BCUT2D eigenvalue weighted by Gasteiger charge is -1.97. The molecule has 0 saturated heterocycles. The van der Waals surface area contributed by atoms with Crippen LogP contribution in [-0.2, 0) is 12.8 Å². The van der Waals surface area contributed by atoms with Crippen LogP contribution < -0.4 is 0 Å². The van der Waals surface area contributed by atoms with Gasteiger partial charge >= 0.3 is 0 Å². The Hall–Kier alpha value is 0.1000. The predicted molar refractivity (Wildman–Crippen MR) is 116 cm³/mol. The molecule has 0 atom stereocenters. The Morgan fingerprint density at radius 2 is 1.12 bits per heavy atom. The van der Waals surface area contributed by atoms with Crippen molar-refractivity contribution >= 4 is 44.3 Å². The summed E-state index contributed by atoms with van der Waals surface area (Å²) in [5.74, 6) is 0. The molecule has 0 N–H and O–H groups in total. The maximum atomic E-state index is 2.40. The summed E-state index contributed by atoms with van der Waals surface area (Å²) in [7, 11) is 3.83. The third kappa shape index (κ3) is 7.99. The lowest BCUT2D eigenvalue weighted by molar-refractivity contribution is 0.670. The van der Waals surface area contributed by atoms with Gasteiger partial charge in [0, 0.05) is 30.3 Å². The Labute approximate surface area is 164 Å². The largest absolute Gasteiger partial charge is 0.148 e. The van der Waals surface area contributed by atoms with E-state index in [-0.39, 0.29) is 0 Å². The Kier molecular flexibility index (Phi) is 10.6. The highest BCUT2D eigenvalue weighted by atomic mass is 33.1. The number of hydrogen-bond donors (Lipinski definition) is 0. The van der Waals surface area contributed by atoms with Crippen molar-refractivity contribution in [1.29, 1.82) is 0 Å². The number of unbranched alkanes of at least 4 members (excludes halogenated alkanes) is 6. The van der Waals surface area contributed by atoms with E-state index in [1.165, 1.54) is 74.0 Å². The van der Waals surface area contributed by atoms with Crippen molar-refractivity contribution in [2.75, 3.05) is 0 Å². The molecule has 2 heterocycles. The molecule has 0 saturated carbocycles. The molecule has 0 radical (unpaired) electrons. The second kappa shape index (κ2) is 12.5. The minimum atomic E-state index is 1.26. The molecule has 0 unspecified atom stereocenters. The molecule has 24 heavy (non-hydrogen) atoms. The smallest absolute Gasteiger partial charge is 0.0296 e. The lowest BCUT2D eigenvalue weighted by atomic mass is 10.1. The Morgan fingerprint density at radius 1 is 0.667 bits per heavy atom. The molecule has 0 aliphatic carbocycles. The summed E-state index contributed by atoms with van der Waals surface area (Å²) in [6, 6.07) is 4.79. The van der Waals surface area contributed by atoms with Crippen molar-refractivity contribution in [3.63, 3.8) is 0 Å². The van der Waals surface area contributed by atoms with Gasteiger partial charge < -0.3 is 0 Å². The van der Waals surface area contributed by atoms with Crippen LogP contribution >= 0.6 is 44.3 Å². The number of rotatable bonds is 13. The zero-order chi connectivity index (χ0) is 17.0. The molecule has 0 nitrogen and oxygen atoms in total. The molecular weight excluding hydrogens is 368 g/mol. The second-order valence-electron chi connectivity index (χ2n) is 6.29.